The van der Waals surface area contributed by atoms with E-state index >= 15 is 0 Å². The number of nitrogens with zero attached hydrogens (tertiary/aromatic N) is 2. The summed E-state index contributed by atoms with van der Waals surface area (Å²) < 4.78 is 41.1. The van der Waals surface area contributed by atoms with E-state index in [4.69, 9.17) is 0 Å². The molecule has 0 bridgehead atoms. The monoisotopic (exact) mass is 445 g/mol. The third-order valence-electron chi connectivity index (χ3n) is 6.25. The Kier molecular flexibility index (Phi) is 6.29. The first-order chi connectivity index (χ1) is 14.8. The second-order valence-electron chi connectivity index (χ2n) is 8.36. The molecule has 0 aromatic heterocycles. The van der Waals surface area contributed by atoms with Crippen LogP contribution in [0.15, 0.2) is 47.4 Å². The van der Waals surface area contributed by atoms with Gasteiger partial charge in [-0.3, -0.25) is 9.52 Å². The molecule has 0 saturated carbocycles. The maximum atomic E-state index is 13.2. The fraction of sp³-hybridized carbons (Fsp3) is 0.435. The highest BCUT2D eigenvalue weighted by atomic mass is 32.2. The predicted molar refractivity (Wildman–Crippen MR) is 118 cm³/mol. The summed E-state index contributed by atoms with van der Waals surface area (Å²) in [5.74, 6) is -0.573. The highest BCUT2D eigenvalue weighted by molar-refractivity contribution is 7.92. The van der Waals surface area contributed by atoms with Crippen molar-refractivity contribution in [1.82, 2.24) is 9.80 Å². The van der Waals surface area contributed by atoms with Gasteiger partial charge in [0.25, 0.3) is 15.9 Å². The van der Waals surface area contributed by atoms with E-state index < -0.39 is 15.8 Å². The van der Waals surface area contributed by atoms with E-state index in [1.807, 2.05) is 11.8 Å². The van der Waals surface area contributed by atoms with Crippen LogP contribution in [0.3, 0.4) is 0 Å². The molecule has 1 amide bonds. The van der Waals surface area contributed by atoms with Crippen molar-refractivity contribution in [3.05, 3.63) is 59.4 Å². The second kappa shape index (κ2) is 8.96. The van der Waals surface area contributed by atoms with Gasteiger partial charge in [0.2, 0.25) is 0 Å². The van der Waals surface area contributed by atoms with Gasteiger partial charge in [-0.2, -0.15) is 0 Å². The molecule has 2 aromatic carbocycles. The SMILES string of the molecule is Cc1ccc(S(=O)(=O)Nc2ccc(F)cc2)cc1C(=O)N1CCC(N2CCCC2)CC1. The third kappa shape index (κ3) is 4.91. The average molecular weight is 446 g/mol. The normalized spacial score (nSPS) is 18.3. The van der Waals surface area contributed by atoms with Gasteiger partial charge in [0.05, 0.1) is 4.90 Å². The molecule has 166 valence electrons. The first-order valence-corrected chi connectivity index (χ1v) is 12.2. The van der Waals surface area contributed by atoms with Crippen LogP contribution in [-0.2, 0) is 10.0 Å². The van der Waals surface area contributed by atoms with Crippen LogP contribution in [-0.4, -0.2) is 56.3 Å². The van der Waals surface area contributed by atoms with Gasteiger partial charge in [-0.05, 0) is 87.7 Å². The number of hydrogen-bond donors (Lipinski definition) is 1. The lowest BCUT2D eigenvalue weighted by molar-refractivity contribution is 0.0643. The van der Waals surface area contributed by atoms with Gasteiger partial charge in [-0.15, -0.1) is 0 Å². The van der Waals surface area contributed by atoms with Crippen LogP contribution in [0.2, 0.25) is 0 Å². The van der Waals surface area contributed by atoms with Crippen LogP contribution in [0, 0.1) is 12.7 Å². The van der Waals surface area contributed by atoms with Crippen LogP contribution < -0.4 is 4.72 Å². The number of carbonyl (C=O) groups is 1. The van der Waals surface area contributed by atoms with Gasteiger partial charge in [0.15, 0.2) is 0 Å². The summed E-state index contributed by atoms with van der Waals surface area (Å²) in [6, 6.07) is 10.2. The summed E-state index contributed by atoms with van der Waals surface area (Å²) in [6.45, 7) is 5.49. The summed E-state index contributed by atoms with van der Waals surface area (Å²) in [5.41, 5.74) is 1.41. The molecule has 8 heteroatoms. The number of amides is 1. The topological polar surface area (TPSA) is 69.7 Å². The minimum atomic E-state index is -3.90. The van der Waals surface area contributed by atoms with E-state index in [-0.39, 0.29) is 16.5 Å². The Hall–Kier alpha value is -2.45. The standard InChI is InChI=1S/C23H28FN3O3S/c1-17-4-9-21(31(29,30)25-19-7-5-18(24)6-8-19)16-22(17)23(28)27-14-10-20(11-15-27)26-12-2-3-13-26/h4-9,16,20,25H,2-3,10-15H2,1H3. The van der Waals surface area contributed by atoms with E-state index in [0.717, 1.165) is 31.5 Å². The minimum absolute atomic E-state index is 0.0118. The quantitative estimate of drug-likeness (QED) is 0.763. The van der Waals surface area contributed by atoms with E-state index in [9.17, 15) is 17.6 Å². The second-order valence-corrected chi connectivity index (χ2v) is 10.0. The number of nitrogens with one attached hydrogen (secondary N) is 1. The lowest BCUT2D eigenvalue weighted by Crippen LogP contribution is -2.46. The molecule has 0 atom stereocenters. The summed E-state index contributed by atoms with van der Waals surface area (Å²) in [4.78, 5) is 17.6. The zero-order valence-corrected chi connectivity index (χ0v) is 18.5. The van der Waals surface area contributed by atoms with E-state index in [0.29, 0.717) is 24.7 Å². The lowest BCUT2D eigenvalue weighted by atomic mass is 10.0. The third-order valence-corrected chi connectivity index (χ3v) is 7.63. The number of halogens is 1. The summed E-state index contributed by atoms with van der Waals surface area (Å²) in [5, 5.41) is 0. The van der Waals surface area contributed by atoms with Crippen molar-refractivity contribution >= 4 is 21.6 Å². The van der Waals surface area contributed by atoms with E-state index in [2.05, 4.69) is 9.62 Å². The number of benzene rings is 2. The largest absolute Gasteiger partial charge is 0.339 e. The molecule has 4 rings (SSSR count). The molecule has 0 spiro atoms. The molecule has 0 aliphatic carbocycles. The summed E-state index contributed by atoms with van der Waals surface area (Å²) in [6.07, 6.45) is 4.42. The van der Waals surface area contributed by atoms with E-state index in [1.165, 1.54) is 49.2 Å². The molecular formula is C23H28FN3O3S. The predicted octanol–water partition coefficient (Wildman–Crippen LogP) is 3.64. The average Bonchev–Trinajstić information content (AvgIpc) is 3.30. The molecule has 2 heterocycles. The Labute approximate surface area is 183 Å². The molecule has 1 N–H and O–H groups in total. The molecular weight excluding hydrogens is 417 g/mol. The van der Waals surface area contributed by atoms with Crippen molar-refractivity contribution in [2.75, 3.05) is 30.9 Å². The van der Waals surface area contributed by atoms with Crippen molar-refractivity contribution in [2.45, 2.75) is 43.5 Å². The molecule has 31 heavy (non-hydrogen) atoms. The van der Waals surface area contributed by atoms with Crippen molar-refractivity contribution in [2.24, 2.45) is 0 Å². The number of rotatable bonds is 5. The Morgan fingerprint density at radius 3 is 2.29 bits per heavy atom. The van der Waals surface area contributed by atoms with Crippen molar-refractivity contribution < 1.29 is 17.6 Å². The Bertz CT molecular complexity index is 1040. The van der Waals surface area contributed by atoms with Crippen molar-refractivity contribution in [3.8, 4) is 0 Å². The minimum Gasteiger partial charge on any atom is -0.339 e. The first kappa shape index (κ1) is 21.8. The Morgan fingerprint density at radius 2 is 1.65 bits per heavy atom. The number of anilines is 1. The van der Waals surface area contributed by atoms with Crippen LogP contribution in [0.1, 0.15) is 41.6 Å². The zero-order chi connectivity index (χ0) is 22.0. The van der Waals surface area contributed by atoms with Gasteiger partial charge in [0, 0.05) is 30.4 Å². The maximum Gasteiger partial charge on any atom is 0.261 e. The maximum absolute atomic E-state index is 13.2. The van der Waals surface area contributed by atoms with Crippen LogP contribution >= 0.6 is 0 Å². The van der Waals surface area contributed by atoms with Crippen molar-refractivity contribution in [3.63, 3.8) is 0 Å². The molecule has 2 aromatic rings. The van der Waals surface area contributed by atoms with Crippen LogP contribution in [0.25, 0.3) is 0 Å². The molecule has 2 aliphatic rings. The van der Waals surface area contributed by atoms with Gasteiger partial charge < -0.3 is 9.80 Å². The Balaban J connectivity index is 1.48. The number of carbonyl (C=O) groups excluding carboxylic acids is 1. The number of aryl methyl sites for hydroxylation is 1. The van der Waals surface area contributed by atoms with Crippen LogP contribution in [0.4, 0.5) is 10.1 Å². The highest BCUT2D eigenvalue weighted by Crippen LogP contribution is 2.25. The van der Waals surface area contributed by atoms with Gasteiger partial charge in [-0.25, -0.2) is 12.8 Å². The number of piperidine rings is 1. The molecule has 0 unspecified atom stereocenters. The first-order valence-electron chi connectivity index (χ1n) is 10.8. The number of likely N-dealkylation sites (tertiary alicyclic amines) is 2. The number of sulfonamides is 1. The summed E-state index contributed by atoms with van der Waals surface area (Å²) >= 11 is 0. The molecule has 2 saturated heterocycles. The zero-order valence-electron chi connectivity index (χ0n) is 17.7. The van der Waals surface area contributed by atoms with Crippen molar-refractivity contribution in [1.29, 1.82) is 0 Å². The number of hydrogen-bond acceptors (Lipinski definition) is 4. The van der Waals surface area contributed by atoms with Gasteiger partial charge >= 0.3 is 0 Å². The molecule has 6 nitrogen and oxygen atoms in total. The smallest absolute Gasteiger partial charge is 0.261 e. The van der Waals surface area contributed by atoms with Crippen LogP contribution in [0.5, 0.6) is 0 Å². The van der Waals surface area contributed by atoms with E-state index in [1.54, 1.807) is 6.07 Å². The molecule has 2 fully saturated rings. The Morgan fingerprint density at radius 1 is 1.00 bits per heavy atom. The lowest BCUT2D eigenvalue weighted by Gasteiger charge is -2.36. The van der Waals surface area contributed by atoms with Gasteiger partial charge in [0.1, 0.15) is 5.82 Å². The fourth-order valence-electron chi connectivity index (χ4n) is 4.44. The molecule has 0 radical (unpaired) electrons. The summed E-state index contributed by atoms with van der Waals surface area (Å²) in [7, 11) is -3.90. The molecule has 2 aliphatic heterocycles. The van der Waals surface area contributed by atoms with Gasteiger partial charge in [-0.1, -0.05) is 6.07 Å². The fourth-order valence-corrected chi connectivity index (χ4v) is 5.53. The highest BCUT2D eigenvalue weighted by Gasteiger charge is 2.29.